The van der Waals surface area contributed by atoms with Crippen molar-refractivity contribution in [2.75, 3.05) is 39.6 Å². The molecule has 0 radical (unpaired) electrons. The quantitative estimate of drug-likeness (QED) is 0.527. The number of amides is 1. The fourth-order valence-corrected chi connectivity index (χ4v) is 3.16. The van der Waals surface area contributed by atoms with Gasteiger partial charge in [0.1, 0.15) is 4.90 Å². The first kappa shape index (κ1) is 17.9. The average Bonchev–Trinajstić information content (AvgIpc) is 2.38. The molecule has 0 spiro atoms. The number of hydrogen-bond acceptors (Lipinski definition) is 5. The van der Waals surface area contributed by atoms with Crippen LogP contribution in [0.15, 0.2) is 27.6 Å². The summed E-state index contributed by atoms with van der Waals surface area (Å²) in [7, 11) is -0.978. The molecule has 9 heteroatoms. The second-order valence-electron chi connectivity index (χ2n) is 4.29. The van der Waals surface area contributed by atoms with Crippen molar-refractivity contribution in [1.29, 1.82) is 0 Å². The molecule has 1 aromatic carbocycles. The smallest absolute Gasteiger partial charge is 0.245 e. The van der Waals surface area contributed by atoms with Crippen molar-refractivity contribution >= 4 is 37.5 Å². The SMILES string of the molecule is COCCNC(=O)CN(C)S(=O)(=O)c1ccc(Br)cc1N. The Morgan fingerprint density at radius 2 is 2.14 bits per heavy atom. The molecule has 0 heterocycles. The maximum atomic E-state index is 12.4. The zero-order valence-electron chi connectivity index (χ0n) is 11.8. The van der Waals surface area contributed by atoms with Gasteiger partial charge in [-0.2, -0.15) is 4.31 Å². The Balaban J connectivity index is 2.80. The van der Waals surface area contributed by atoms with E-state index < -0.39 is 15.9 Å². The third-order valence-electron chi connectivity index (χ3n) is 2.65. The van der Waals surface area contributed by atoms with E-state index in [4.69, 9.17) is 10.5 Å². The van der Waals surface area contributed by atoms with E-state index in [1.807, 2.05) is 0 Å². The lowest BCUT2D eigenvalue weighted by Gasteiger charge is -2.18. The summed E-state index contributed by atoms with van der Waals surface area (Å²) in [6.07, 6.45) is 0. The topological polar surface area (TPSA) is 102 Å². The first-order valence-electron chi connectivity index (χ1n) is 6.06. The standard InChI is InChI=1S/C12H18BrN3O4S/c1-16(8-12(17)15-5-6-20-2)21(18,19)11-4-3-9(13)7-10(11)14/h3-4,7H,5-6,8,14H2,1-2H3,(H,15,17). The van der Waals surface area contributed by atoms with Crippen LogP contribution in [0.3, 0.4) is 0 Å². The van der Waals surface area contributed by atoms with Gasteiger partial charge >= 0.3 is 0 Å². The molecule has 3 N–H and O–H groups in total. The van der Waals surface area contributed by atoms with E-state index >= 15 is 0 Å². The Morgan fingerprint density at radius 1 is 1.48 bits per heavy atom. The molecule has 21 heavy (non-hydrogen) atoms. The van der Waals surface area contributed by atoms with E-state index in [1.165, 1.54) is 26.3 Å². The zero-order valence-corrected chi connectivity index (χ0v) is 14.2. The Bertz CT molecular complexity index is 607. The number of nitrogens with one attached hydrogen (secondary N) is 1. The van der Waals surface area contributed by atoms with Crippen LogP contribution in [0.4, 0.5) is 5.69 Å². The molecular weight excluding hydrogens is 362 g/mol. The molecule has 1 amide bonds. The Morgan fingerprint density at radius 3 is 2.71 bits per heavy atom. The minimum absolute atomic E-state index is 0.0297. The van der Waals surface area contributed by atoms with Crippen LogP contribution in [-0.4, -0.2) is 52.5 Å². The number of rotatable bonds is 7. The van der Waals surface area contributed by atoms with Gasteiger partial charge in [-0.05, 0) is 18.2 Å². The zero-order chi connectivity index (χ0) is 16.0. The minimum atomic E-state index is -3.82. The van der Waals surface area contributed by atoms with Crippen LogP contribution >= 0.6 is 15.9 Å². The van der Waals surface area contributed by atoms with Gasteiger partial charge in [0.15, 0.2) is 0 Å². The van der Waals surface area contributed by atoms with Gasteiger partial charge in [0.25, 0.3) is 0 Å². The average molecular weight is 380 g/mol. The molecule has 0 atom stereocenters. The third kappa shape index (κ3) is 4.95. The van der Waals surface area contributed by atoms with Gasteiger partial charge in [-0.25, -0.2) is 8.42 Å². The van der Waals surface area contributed by atoms with Gasteiger partial charge in [0.2, 0.25) is 15.9 Å². The number of carbonyl (C=O) groups excluding carboxylic acids is 1. The number of sulfonamides is 1. The first-order chi connectivity index (χ1) is 9.78. The van der Waals surface area contributed by atoms with E-state index in [0.717, 1.165) is 4.31 Å². The van der Waals surface area contributed by atoms with E-state index in [2.05, 4.69) is 21.2 Å². The lowest BCUT2D eigenvalue weighted by Crippen LogP contribution is -2.39. The molecule has 7 nitrogen and oxygen atoms in total. The summed E-state index contributed by atoms with van der Waals surface area (Å²) in [6, 6.07) is 4.48. The van der Waals surface area contributed by atoms with Crippen molar-refractivity contribution in [3.63, 3.8) is 0 Å². The molecule has 1 aromatic rings. The van der Waals surface area contributed by atoms with Crippen LogP contribution in [0.5, 0.6) is 0 Å². The van der Waals surface area contributed by atoms with Crippen LogP contribution in [0.1, 0.15) is 0 Å². The van der Waals surface area contributed by atoms with Crippen molar-refractivity contribution in [2.45, 2.75) is 4.90 Å². The molecule has 0 saturated carbocycles. The highest BCUT2D eigenvalue weighted by Crippen LogP contribution is 2.24. The molecule has 1 rings (SSSR count). The predicted octanol–water partition coefficient (Wildman–Crippen LogP) is 0.414. The fourth-order valence-electron chi connectivity index (χ4n) is 1.56. The van der Waals surface area contributed by atoms with E-state index in [9.17, 15) is 13.2 Å². The largest absolute Gasteiger partial charge is 0.398 e. The Labute approximate surface area is 132 Å². The number of nitrogens with zero attached hydrogens (tertiary/aromatic N) is 1. The molecule has 0 fully saturated rings. The molecule has 0 aliphatic carbocycles. The van der Waals surface area contributed by atoms with Gasteiger partial charge in [-0.15, -0.1) is 0 Å². The summed E-state index contributed by atoms with van der Waals surface area (Å²) < 4.78 is 31.1. The molecule has 0 bridgehead atoms. The lowest BCUT2D eigenvalue weighted by molar-refractivity contribution is -0.121. The van der Waals surface area contributed by atoms with Crippen molar-refractivity contribution in [2.24, 2.45) is 0 Å². The van der Waals surface area contributed by atoms with Gasteiger partial charge in [-0.1, -0.05) is 15.9 Å². The molecule has 0 aromatic heterocycles. The summed E-state index contributed by atoms with van der Waals surface area (Å²) in [5.41, 5.74) is 5.84. The molecule has 0 aliphatic rings. The first-order valence-corrected chi connectivity index (χ1v) is 8.29. The summed E-state index contributed by atoms with van der Waals surface area (Å²) in [5, 5.41) is 2.55. The second-order valence-corrected chi connectivity index (χ2v) is 7.21. The van der Waals surface area contributed by atoms with Crippen molar-refractivity contribution in [3.8, 4) is 0 Å². The molecular formula is C12H18BrN3O4S. The van der Waals surface area contributed by atoms with Crippen LogP contribution in [0.2, 0.25) is 0 Å². The number of benzene rings is 1. The van der Waals surface area contributed by atoms with Gasteiger partial charge in [0.05, 0.1) is 18.8 Å². The second kappa shape index (κ2) is 7.74. The highest BCUT2D eigenvalue weighted by Gasteiger charge is 2.25. The Kier molecular flexibility index (Phi) is 6.59. The van der Waals surface area contributed by atoms with E-state index in [-0.39, 0.29) is 17.1 Å². The molecule has 0 saturated heterocycles. The number of hydrogen-bond donors (Lipinski definition) is 2. The van der Waals surface area contributed by atoms with Gasteiger partial charge in [-0.3, -0.25) is 4.79 Å². The highest BCUT2D eigenvalue weighted by molar-refractivity contribution is 9.10. The molecule has 0 aliphatic heterocycles. The maximum absolute atomic E-state index is 12.4. The highest BCUT2D eigenvalue weighted by atomic mass is 79.9. The number of carbonyl (C=O) groups is 1. The fraction of sp³-hybridized carbons (Fsp3) is 0.417. The predicted molar refractivity (Wildman–Crippen MR) is 83.3 cm³/mol. The monoisotopic (exact) mass is 379 g/mol. The summed E-state index contributed by atoms with van der Waals surface area (Å²) >= 11 is 3.21. The van der Waals surface area contributed by atoms with Crippen LogP contribution in [0.25, 0.3) is 0 Å². The number of nitrogens with two attached hydrogens (primary N) is 1. The third-order valence-corrected chi connectivity index (χ3v) is 5.03. The minimum Gasteiger partial charge on any atom is -0.398 e. The van der Waals surface area contributed by atoms with Crippen LogP contribution < -0.4 is 11.1 Å². The number of anilines is 1. The van der Waals surface area contributed by atoms with Crippen molar-refractivity contribution in [1.82, 2.24) is 9.62 Å². The maximum Gasteiger partial charge on any atom is 0.245 e. The summed E-state index contributed by atoms with van der Waals surface area (Å²) in [6.45, 7) is 0.396. The van der Waals surface area contributed by atoms with E-state index in [0.29, 0.717) is 17.6 Å². The number of methoxy groups -OCH3 is 1. The number of likely N-dealkylation sites (N-methyl/N-ethyl adjacent to an activating group) is 1. The van der Waals surface area contributed by atoms with Crippen molar-refractivity contribution in [3.05, 3.63) is 22.7 Å². The van der Waals surface area contributed by atoms with Crippen LogP contribution in [0, 0.1) is 0 Å². The number of nitrogen functional groups attached to an aromatic ring is 1. The van der Waals surface area contributed by atoms with Crippen molar-refractivity contribution < 1.29 is 17.9 Å². The van der Waals surface area contributed by atoms with Gasteiger partial charge < -0.3 is 15.8 Å². The lowest BCUT2D eigenvalue weighted by atomic mass is 10.3. The molecule has 0 unspecified atom stereocenters. The normalized spacial score (nSPS) is 11.6. The van der Waals surface area contributed by atoms with Crippen LogP contribution in [-0.2, 0) is 19.6 Å². The van der Waals surface area contributed by atoms with Gasteiger partial charge in [0, 0.05) is 25.2 Å². The molecule has 118 valence electrons. The number of ether oxygens (including phenoxy) is 1. The summed E-state index contributed by atoms with van der Waals surface area (Å²) in [5.74, 6) is -0.409. The summed E-state index contributed by atoms with van der Waals surface area (Å²) in [4.78, 5) is 11.6. The van der Waals surface area contributed by atoms with E-state index in [1.54, 1.807) is 6.07 Å². The number of halogens is 1. The Hall–Kier alpha value is -1.16.